The van der Waals surface area contributed by atoms with Crippen LogP contribution in [0.15, 0.2) is 93.8 Å². The molecule has 0 radical (unpaired) electrons. The monoisotopic (exact) mass is 506 g/mol. The average molecular weight is 507 g/mol. The SMILES string of the molecule is C=C1/C=C2/C3CC=CC4=C3C(CC3=C4C=CCC3)C2CCC(NC)C2CCC=C/C2=C/1NC1CCCCC1. The van der Waals surface area contributed by atoms with Crippen LogP contribution in [0, 0.1) is 23.7 Å². The lowest BCUT2D eigenvalue weighted by atomic mass is 9.71. The Morgan fingerprint density at radius 3 is 2.53 bits per heavy atom. The minimum Gasteiger partial charge on any atom is -0.382 e. The Balaban J connectivity index is 1.33. The molecular formula is C36H46N2. The maximum absolute atomic E-state index is 4.83. The van der Waals surface area contributed by atoms with Crippen molar-refractivity contribution in [3.05, 3.63) is 93.8 Å². The van der Waals surface area contributed by atoms with E-state index in [1.807, 2.05) is 0 Å². The zero-order valence-electron chi connectivity index (χ0n) is 23.4. The Morgan fingerprint density at radius 2 is 1.66 bits per heavy atom. The second-order valence-corrected chi connectivity index (χ2v) is 13.0. The van der Waals surface area contributed by atoms with Crippen molar-refractivity contribution in [3.63, 3.8) is 0 Å². The summed E-state index contributed by atoms with van der Waals surface area (Å²) in [7, 11) is 2.21. The summed E-state index contributed by atoms with van der Waals surface area (Å²) in [5, 5.41) is 7.93. The van der Waals surface area contributed by atoms with Crippen molar-refractivity contribution in [2.45, 2.75) is 95.6 Å². The van der Waals surface area contributed by atoms with Gasteiger partial charge in [-0.25, -0.2) is 0 Å². The van der Waals surface area contributed by atoms with Crippen molar-refractivity contribution < 1.29 is 0 Å². The molecule has 0 aromatic carbocycles. The van der Waals surface area contributed by atoms with Crippen molar-refractivity contribution in [1.82, 2.24) is 10.6 Å². The molecule has 7 aliphatic carbocycles. The maximum Gasteiger partial charge on any atom is 0.0445 e. The van der Waals surface area contributed by atoms with E-state index in [0.29, 0.717) is 35.8 Å². The van der Waals surface area contributed by atoms with Gasteiger partial charge >= 0.3 is 0 Å². The van der Waals surface area contributed by atoms with Gasteiger partial charge < -0.3 is 10.6 Å². The van der Waals surface area contributed by atoms with Crippen LogP contribution in [0.2, 0.25) is 0 Å². The summed E-state index contributed by atoms with van der Waals surface area (Å²) in [6, 6.07) is 1.11. The van der Waals surface area contributed by atoms with Gasteiger partial charge in [0.25, 0.3) is 0 Å². The Morgan fingerprint density at radius 1 is 0.816 bits per heavy atom. The van der Waals surface area contributed by atoms with Crippen LogP contribution in [-0.2, 0) is 0 Å². The minimum atomic E-state index is 0.524. The fourth-order valence-electron chi connectivity index (χ4n) is 9.20. The number of hydrogen-bond donors (Lipinski definition) is 2. The molecule has 2 saturated carbocycles. The molecule has 5 atom stereocenters. The number of rotatable bonds is 3. The first-order valence-electron chi connectivity index (χ1n) is 15.8. The summed E-state index contributed by atoms with van der Waals surface area (Å²) in [6.07, 6.45) is 33.8. The molecule has 2 N–H and O–H groups in total. The second-order valence-electron chi connectivity index (χ2n) is 13.0. The third kappa shape index (κ3) is 4.19. The molecule has 38 heavy (non-hydrogen) atoms. The first-order chi connectivity index (χ1) is 18.7. The molecule has 7 aliphatic rings. The van der Waals surface area contributed by atoms with Gasteiger partial charge in [-0.15, -0.1) is 0 Å². The van der Waals surface area contributed by atoms with E-state index >= 15 is 0 Å². The molecular weight excluding hydrogens is 460 g/mol. The van der Waals surface area contributed by atoms with Gasteiger partial charge in [-0.1, -0.05) is 85.1 Å². The molecule has 0 heterocycles. The molecule has 0 amide bonds. The second kappa shape index (κ2) is 10.3. The first-order valence-corrected chi connectivity index (χ1v) is 15.8. The van der Waals surface area contributed by atoms with Crippen molar-refractivity contribution >= 4 is 0 Å². The van der Waals surface area contributed by atoms with Crippen molar-refractivity contribution in [1.29, 1.82) is 0 Å². The van der Waals surface area contributed by atoms with Gasteiger partial charge in [0.1, 0.15) is 0 Å². The summed E-state index contributed by atoms with van der Waals surface area (Å²) in [6.45, 7) is 4.83. The zero-order valence-corrected chi connectivity index (χ0v) is 23.4. The molecule has 0 bridgehead atoms. The maximum atomic E-state index is 4.83. The lowest BCUT2D eigenvalue weighted by Crippen LogP contribution is -2.39. The first kappa shape index (κ1) is 24.7. The van der Waals surface area contributed by atoms with E-state index < -0.39 is 0 Å². The van der Waals surface area contributed by atoms with Gasteiger partial charge in [-0.3, -0.25) is 0 Å². The number of allylic oxidation sites excluding steroid dienone is 12. The average Bonchev–Trinajstić information content (AvgIpc) is 3.25. The highest BCUT2D eigenvalue weighted by Gasteiger charge is 2.47. The molecule has 0 spiro atoms. The molecule has 0 saturated heterocycles. The third-order valence-corrected chi connectivity index (χ3v) is 11.0. The molecule has 200 valence electrons. The lowest BCUT2D eigenvalue weighted by molar-refractivity contribution is 0.325. The third-order valence-electron chi connectivity index (χ3n) is 11.0. The molecule has 0 aliphatic heterocycles. The van der Waals surface area contributed by atoms with E-state index in [1.54, 1.807) is 27.9 Å². The molecule has 2 nitrogen and oxygen atoms in total. The summed E-state index contributed by atoms with van der Waals surface area (Å²) in [5.41, 5.74) is 12.5. The normalized spacial score (nSPS) is 38.3. The molecule has 5 unspecified atom stereocenters. The molecule has 0 aromatic rings. The minimum absolute atomic E-state index is 0.524. The molecule has 0 aromatic heterocycles. The van der Waals surface area contributed by atoms with E-state index in [1.165, 1.54) is 93.9 Å². The van der Waals surface area contributed by atoms with Crippen molar-refractivity contribution in [2.24, 2.45) is 23.7 Å². The quantitative estimate of drug-likeness (QED) is 0.403. The topological polar surface area (TPSA) is 24.1 Å². The molecule has 2 heteroatoms. The van der Waals surface area contributed by atoms with E-state index in [-0.39, 0.29) is 0 Å². The van der Waals surface area contributed by atoms with Crippen LogP contribution in [0.1, 0.15) is 83.5 Å². The van der Waals surface area contributed by atoms with Crippen LogP contribution in [0.5, 0.6) is 0 Å². The van der Waals surface area contributed by atoms with Crippen LogP contribution in [0.3, 0.4) is 0 Å². The summed E-state index contributed by atoms with van der Waals surface area (Å²) in [4.78, 5) is 0. The van der Waals surface area contributed by atoms with E-state index in [9.17, 15) is 0 Å². The highest BCUT2D eigenvalue weighted by Crippen LogP contribution is 2.58. The fourth-order valence-corrected chi connectivity index (χ4v) is 9.20. The van der Waals surface area contributed by atoms with Crippen LogP contribution in [0.4, 0.5) is 0 Å². The smallest absolute Gasteiger partial charge is 0.0445 e. The predicted molar refractivity (Wildman–Crippen MR) is 159 cm³/mol. The lowest BCUT2D eigenvalue weighted by Gasteiger charge is -2.36. The highest BCUT2D eigenvalue weighted by molar-refractivity contribution is 5.62. The Bertz CT molecular complexity index is 1210. The zero-order chi connectivity index (χ0) is 25.6. The number of nitrogens with one attached hydrogen (secondary N) is 2. The highest BCUT2D eigenvalue weighted by atomic mass is 14.9. The van der Waals surface area contributed by atoms with Gasteiger partial charge in [-0.2, -0.15) is 0 Å². The summed E-state index contributed by atoms with van der Waals surface area (Å²) < 4.78 is 0. The molecule has 7 rings (SSSR count). The van der Waals surface area contributed by atoms with Gasteiger partial charge in [0.05, 0.1) is 0 Å². The van der Waals surface area contributed by atoms with E-state index in [0.717, 1.165) is 6.42 Å². The standard InChI is InChI=1S/C36H46N2/c1-23-21-32-27(33-22-24-11-6-7-14-26(24)29-17-10-18-30(32)35(29)33)19-20-34(37-2)28-15-8-9-16-31(28)36(23)38-25-12-4-3-5-13-25/h7,9-10,14,16-17,21,25,27-28,30,33-34,37-38H,1,3-6,8,11-13,15,18-20,22H2,2H3/b32-21+,36-31+. The Hall–Kier alpha value is -2.32. The summed E-state index contributed by atoms with van der Waals surface area (Å²) >= 11 is 0. The largest absolute Gasteiger partial charge is 0.382 e. The van der Waals surface area contributed by atoms with Gasteiger partial charge in [0.2, 0.25) is 0 Å². The van der Waals surface area contributed by atoms with Crippen LogP contribution in [0.25, 0.3) is 0 Å². The van der Waals surface area contributed by atoms with Gasteiger partial charge in [0, 0.05) is 29.6 Å². The van der Waals surface area contributed by atoms with Gasteiger partial charge in [0.15, 0.2) is 0 Å². The summed E-state index contributed by atoms with van der Waals surface area (Å²) in [5.74, 6) is 2.46. The van der Waals surface area contributed by atoms with Crippen molar-refractivity contribution in [3.8, 4) is 0 Å². The predicted octanol–water partition coefficient (Wildman–Crippen LogP) is 8.16. The van der Waals surface area contributed by atoms with E-state index in [4.69, 9.17) is 6.58 Å². The van der Waals surface area contributed by atoms with E-state index in [2.05, 4.69) is 60.2 Å². The Labute approximate surface area is 230 Å². The van der Waals surface area contributed by atoms with Gasteiger partial charge in [-0.05, 0) is 105 Å². The Kier molecular flexibility index (Phi) is 6.72. The number of fused-ring (bicyclic) bond motifs is 5. The van der Waals surface area contributed by atoms with Crippen LogP contribution >= 0.6 is 0 Å². The fraction of sp³-hybridized carbons (Fsp3) is 0.556. The number of hydrogen-bond acceptors (Lipinski definition) is 2. The molecule has 2 fully saturated rings. The van der Waals surface area contributed by atoms with Crippen molar-refractivity contribution in [2.75, 3.05) is 7.05 Å². The van der Waals surface area contributed by atoms with Crippen LogP contribution < -0.4 is 10.6 Å². The van der Waals surface area contributed by atoms with Crippen LogP contribution in [-0.4, -0.2) is 19.1 Å².